The minimum atomic E-state index is 0.339. The van der Waals surface area contributed by atoms with Crippen LogP contribution in [0, 0.1) is 0 Å². The topological polar surface area (TPSA) is 61.0 Å². The van der Waals surface area contributed by atoms with Crippen LogP contribution in [0.1, 0.15) is 42.3 Å². The highest BCUT2D eigenvalue weighted by atomic mass is 32.2. The second-order valence-electron chi connectivity index (χ2n) is 5.10. The zero-order chi connectivity index (χ0) is 11.4. The summed E-state index contributed by atoms with van der Waals surface area (Å²) >= 11 is 1.87. The lowest BCUT2D eigenvalue weighted by atomic mass is 9.88. The minimum absolute atomic E-state index is 0.339. The Balaban J connectivity index is 1.73. The quantitative estimate of drug-likeness (QED) is 0.823. The molecule has 3 aliphatic rings. The molecule has 0 aliphatic carbocycles. The molecule has 4 nitrogen and oxygen atoms in total. The van der Waals surface area contributed by atoms with E-state index in [0.717, 1.165) is 41.4 Å². The van der Waals surface area contributed by atoms with Gasteiger partial charge in [-0.2, -0.15) is 11.8 Å². The summed E-state index contributed by atoms with van der Waals surface area (Å²) in [6.45, 7) is 0. The number of anilines is 1. The van der Waals surface area contributed by atoms with Crippen LogP contribution in [0.4, 0.5) is 5.82 Å². The van der Waals surface area contributed by atoms with E-state index in [1.54, 1.807) is 0 Å². The van der Waals surface area contributed by atoms with E-state index >= 15 is 0 Å². The fourth-order valence-electron chi connectivity index (χ4n) is 3.17. The van der Waals surface area contributed by atoms with Crippen LogP contribution in [-0.2, 0) is 16.2 Å². The predicted octanol–water partition coefficient (Wildman–Crippen LogP) is 1.84. The molecule has 2 saturated heterocycles. The van der Waals surface area contributed by atoms with Crippen molar-refractivity contribution < 1.29 is 4.74 Å². The van der Waals surface area contributed by atoms with Crippen molar-refractivity contribution in [3.8, 4) is 0 Å². The molecule has 2 N–H and O–H groups in total. The number of ether oxygens (including phenoxy) is 1. The van der Waals surface area contributed by atoms with Crippen molar-refractivity contribution in [3.05, 3.63) is 17.1 Å². The summed E-state index contributed by atoms with van der Waals surface area (Å²) in [7, 11) is 0. The predicted molar refractivity (Wildman–Crippen MR) is 66.7 cm³/mol. The molecule has 2 fully saturated rings. The van der Waals surface area contributed by atoms with Crippen LogP contribution in [0.3, 0.4) is 0 Å². The molecule has 3 aliphatic heterocycles. The average Bonchev–Trinajstić information content (AvgIpc) is 3.04. The smallest absolute Gasteiger partial charge is 0.136 e. The maximum Gasteiger partial charge on any atom is 0.136 e. The molecule has 0 radical (unpaired) electrons. The summed E-state index contributed by atoms with van der Waals surface area (Å²) in [5.74, 6) is 3.95. The van der Waals surface area contributed by atoms with E-state index in [9.17, 15) is 0 Å². The molecule has 3 atom stereocenters. The van der Waals surface area contributed by atoms with Crippen LogP contribution >= 0.6 is 11.8 Å². The average molecular weight is 249 g/mol. The lowest BCUT2D eigenvalue weighted by Gasteiger charge is -2.18. The van der Waals surface area contributed by atoms with E-state index in [4.69, 9.17) is 15.5 Å². The summed E-state index contributed by atoms with van der Waals surface area (Å²) in [6.07, 6.45) is 4.22. The molecule has 3 unspecified atom stereocenters. The maximum absolute atomic E-state index is 6.03. The number of nitrogens with zero attached hydrogens (tertiary/aromatic N) is 2. The summed E-state index contributed by atoms with van der Waals surface area (Å²) < 4.78 is 5.87. The van der Waals surface area contributed by atoms with Gasteiger partial charge in [-0.25, -0.2) is 9.97 Å². The molecule has 1 aromatic rings. The standard InChI is InChI=1S/C12H15N3OS/c13-11-8-4-17-5-9(8)14-12(15-11)7-3-6-1-2-10(7)16-6/h6-7,10H,1-5H2,(H2,13,14,15). The number of nitrogens with two attached hydrogens (primary N) is 1. The zero-order valence-electron chi connectivity index (χ0n) is 9.56. The van der Waals surface area contributed by atoms with Crippen molar-refractivity contribution in [1.82, 2.24) is 9.97 Å². The van der Waals surface area contributed by atoms with Crippen molar-refractivity contribution in [3.63, 3.8) is 0 Å². The highest BCUT2D eigenvalue weighted by molar-refractivity contribution is 7.98. The molecule has 90 valence electrons. The number of nitrogen functional groups attached to an aromatic ring is 1. The maximum atomic E-state index is 6.03. The van der Waals surface area contributed by atoms with Gasteiger partial charge in [0.05, 0.1) is 17.9 Å². The first-order valence-electron chi connectivity index (χ1n) is 6.19. The van der Waals surface area contributed by atoms with Crippen molar-refractivity contribution in [2.75, 3.05) is 5.73 Å². The number of thioether (sulfide) groups is 1. The van der Waals surface area contributed by atoms with Crippen LogP contribution in [0.15, 0.2) is 0 Å². The third kappa shape index (κ3) is 1.48. The molecule has 0 saturated carbocycles. The second kappa shape index (κ2) is 3.59. The molecule has 4 heterocycles. The Hall–Kier alpha value is -0.810. The SMILES string of the molecule is Nc1nc(C2CC3CCC2O3)nc2c1CSC2. The molecule has 2 bridgehead atoms. The van der Waals surface area contributed by atoms with Crippen LogP contribution in [0.5, 0.6) is 0 Å². The van der Waals surface area contributed by atoms with Gasteiger partial charge >= 0.3 is 0 Å². The van der Waals surface area contributed by atoms with Crippen LogP contribution in [0.25, 0.3) is 0 Å². The highest BCUT2D eigenvalue weighted by Gasteiger charge is 2.43. The van der Waals surface area contributed by atoms with Crippen LogP contribution in [-0.4, -0.2) is 22.2 Å². The Kier molecular flexibility index (Phi) is 2.14. The zero-order valence-corrected chi connectivity index (χ0v) is 10.4. The van der Waals surface area contributed by atoms with Crippen molar-refractivity contribution in [2.24, 2.45) is 0 Å². The van der Waals surface area contributed by atoms with Gasteiger partial charge in [0.1, 0.15) is 11.6 Å². The van der Waals surface area contributed by atoms with Gasteiger partial charge in [0, 0.05) is 23.0 Å². The van der Waals surface area contributed by atoms with E-state index in [1.165, 1.54) is 6.42 Å². The summed E-state index contributed by atoms with van der Waals surface area (Å²) in [5.41, 5.74) is 8.34. The summed E-state index contributed by atoms with van der Waals surface area (Å²) in [5, 5.41) is 0. The van der Waals surface area contributed by atoms with Gasteiger partial charge in [-0.05, 0) is 19.3 Å². The van der Waals surface area contributed by atoms with Crippen molar-refractivity contribution >= 4 is 17.6 Å². The second-order valence-corrected chi connectivity index (χ2v) is 6.09. The summed E-state index contributed by atoms with van der Waals surface area (Å²) in [4.78, 5) is 9.24. The number of aromatic nitrogens is 2. The molecule has 0 amide bonds. The first-order chi connectivity index (χ1) is 8.31. The first kappa shape index (κ1) is 10.1. The first-order valence-corrected chi connectivity index (χ1v) is 7.35. The minimum Gasteiger partial charge on any atom is -0.383 e. The Morgan fingerprint density at radius 1 is 1.24 bits per heavy atom. The highest BCUT2D eigenvalue weighted by Crippen LogP contribution is 2.44. The monoisotopic (exact) mass is 249 g/mol. The van der Waals surface area contributed by atoms with Gasteiger partial charge in [0.2, 0.25) is 0 Å². The molecule has 0 spiro atoms. The van der Waals surface area contributed by atoms with Gasteiger partial charge in [-0.1, -0.05) is 0 Å². The van der Waals surface area contributed by atoms with Gasteiger partial charge in [-0.15, -0.1) is 0 Å². The molecule has 4 rings (SSSR count). The number of hydrogen-bond donors (Lipinski definition) is 1. The molecule has 17 heavy (non-hydrogen) atoms. The summed E-state index contributed by atoms with van der Waals surface area (Å²) in [6, 6.07) is 0. The number of hydrogen-bond acceptors (Lipinski definition) is 5. The molecule has 0 aromatic carbocycles. The van der Waals surface area contributed by atoms with E-state index in [-0.39, 0.29) is 0 Å². The fraction of sp³-hybridized carbons (Fsp3) is 0.667. The van der Waals surface area contributed by atoms with Crippen LogP contribution in [0.2, 0.25) is 0 Å². The van der Waals surface area contributed by atoms with Crippen molar-refractivity contribution in [2.45, 2.75) is 48.9 Å². The van der Waals surface area contributed by atoms with Gasteiger partial charge in [-0.3, -0.25) is 0 Å². The lowest BCUT2D eigenvalue weighted by molar-refractivity contribution is 0.0998. The normalized spacial score (nSPS) is 34.2. The molecular formula is C12H15N3OS. The molecular weight excluding hydrogens is 234 g/mol. The lowest BCUT2D eigenvalue weighted by Crippen LogP contribution is -2.18. The van der Waals surface area contributed by atoms with Gasteiger partial charge < -0.3 is 10.5 Å². The van der Waals surface area contributed by atoms with E-state index in [0.29, 0.717) is 23.9 Å². The Morgan fingerprint density at radius 2 is 2.18 bits per heavy atom. The van der Waals surface area contributed by atoms with Crippen LogP contribution < -0.4 is 5.73 Å². The van der Waals surface area contributed by atoms with E-state index in [1.807, 2.05) is 11.8 Å². The fourth-order valence-corrected chi connectivity index (χ4v) is 4.22. The largest absolute Gasteiger partial charge is 0.383 e. The molecule has 5 heteroatoms. The van der Waals surface area contributed by atoms with E-state index in [2.05, 4.69) is 4.98 Å². The number of fused-ring (bicyclic) bond motifs is 3. The van der Waals surface area contributed by atoms with Crippen molar-refractivity contribution in [1.29, 1.82) is 0 Å². The van der Waals surface area contributed by atoms with Gasteiger partial charge in [0.15, 0.2) is 0 Å². The third-order valence-electron chi connectivity index (χ3n) is 4.06. The third-order valence-corrected chi connectivity index (χ3v) is 5.04. The Morgan fingerprint density at radius 3 is 2.94 bits per heavy atom. The Bertz CT molecular complexity index is 479. The molecule has 1 aromatic heterocycles. The van der Waals surface area contributed by atoms with Gasteiger partial charge in [0.25, 0.3) is 0 Å². The number of rotatable bonds is 1. The Labute approximate surface area is 104 Å². The van der Waals surface area contributed by atoms with E-state index < -0.39 is 0 Å².